The SMILES string of the molecule is CCCC1CCC([C@H]2CC[C@H](c3ccc(OCC)cc3)CC2(F)F)CC1. The molecule has 0 N–H and O–H groups in total. The lowest BCUT2D eigenvalue weighted by Crippen LogP contribution is -2.40. The lowest BCUT2D eigenvalue weighted by molar-refractivity contribution is -0.118. The van der Waals surface area contributed by atoms with Gasteiger partial charge in [0.15, 0.2) is 0 Å². The minimum Gasteiger partial charge on any atom is -0.494 e. The first-order chi connectivity index (χ1) is 12.5. The van der Waals surface area contributed by atoms with Gasteiger partial charge in [-0.25, -0.2) is 8.78 Å². The molecule has 146 valence electrons. The first-order valence-corrected chi connectivity index (χ1v) is 10.6. The fourth-order valence-electron chi connectivity index (χ4n) is 5.33. The van der Waals surface area contributed by atoms with E-state index in [1.54, 1.807) is 0 Å². The molecule has 0 heterocycles. The Balaban J connectivity index is 1.59. The van der Waals surface area contributed by atoms with E-state index in [4.69, 9.17) is 4.74 Å². The van der Waals surface area contributed by atoms with E-state index in [1.807, 2.05) is 31.2 Å². The highest BCUT2D eigenvalue weighted by Gasteiger charge is 2.48. The van der Waals surface area contributed by atoms with Crippen LogP contribution in [0.25, 0.3) is 0 Å². The maximum absolute atomic E-state index is 15.0. The summed E-state index contributed by atoms with van der Waals surface area (Å²) in [6.45, 7) is 4.80. The molecule has 1 aromatic rings. The summed E-state index contributed by atoms with van der Waals surface area (Å²) < 4.78 is 35.5. The summed E-state index contributed by atoms with van der Waals surface area (Å²) in [5.41, 5.74) is 1.04. The van der Waals surface area contributed by atoms with Gasteiger partial charge in [0, 0.05) is 12.3 Å². The third-order valence-electron chi connectivity index (χ3n) is 6.71. The van der Waals surface area contributed by atoms with E-state index in [1.165, 1.54) is 12.8 Å². The number of ether oxygens (including phenoxy) is 1. The van der Waals surface area contributed by atoms with Crippen LogP contribution in [0.4, 0.5) is 8.78 Å². The number of benzene rings is 1. The average molecular weight is 365 g/mol. The topological polar surface area (TPSA) is 9.23 Å². The van der Waals surface area contributed by atoms with Gasteiger partial charge >= 0.3 is 0 Å². The number of hydrogen-bond donors (Lipinski definition) is 0. The van der Waals surface area contributed by atoms with Crippen molar-refractivity contribution in [2.24, 2.45) is 17.8 Å². The van der Waals surface area contributed by atoms with Crippen LogP contribution in [0.15, 0.2) is 24.3 Å². The first-order valence-electron chi connectivity index (χ1n) is 10.6. The number of hydrogen-bond acceptors (Lipinski definition) is 1. The fraction of sp³-hybridized carbons (Fsp3) is 0.739. The molecule has 0 spiro atoms. The van der Waals surface area contributed by atoms with Crippen LogP contribution < -0.4 is 4.74 Å². The van der Waals surface area contributed by atoms with E-state index in [9.17, 15) is 0 Å². The number of halogens is 2. The second kappa shape index (κ2) is 8.71. The summed E-state index contributed by atoms with van der Waals surface area (Å²) in [5.74, 6) is -1.11. The molecule has 1 nitrogen and oxygen atoms in total. The van der Waals surface area contributed by atoms with E-state index in [0.29, 0.717) is 13.0 Å². The maximum Gasteiger partial charge on any atom is 0.251 e. The molecule has 26 heavy (non-hydrogen) atoms. The monoisotopic (exact) mass is 364 g/mol. The van der Waals surface area contributed by atoms with Crippen LogP contribution in [0, 0.1) is 17.8 Å². The normalized spacial score (nSPS) is 31.5. The van der Waals surface area contributed by atoms with E-state index in [2.05, 4.69) is 6.92 Å². The Hall–Kier alpha value is -1.12. The summed E-state index contributed by atoms with van der Waals surface area (Å²) in [6.07, 6.45) is 8.42. The van der Waals surface area contributed by atoms with Crippen molar-refractivity contribution in [1.82, 2.24) is 0 Å². The number of rotatable bonds is 6. The van der Waals surface area contributed by atoms with E-state index < -0.39 is 11.8 Å². The minimum absolute atomic E-state index is 0.0144. The Morgan fingerprint density at radius 1 is 0.962 bits per heavy atom. The molecule has 0 aliphatic heterocycles. The zero-order valence-corrected chi connectivity index (χ0v) is 16.4. The molecular weight excluding hydrogens is 330 g/mol. The summed E-state index contributed by atoms with van der Waals surface area (Å²) in [7, 11) is 0. The first kappa shape index (κ1) is 19.6. The molecule has 0 radical (unpaired) electrons. The maximum atomic E-state index is 15.0. The van der Waals surface area contributed by atoms with Gasteiger partial charge in [-0.3, -0.25) is 0 Å². The second-order valence-corrected chi connectivity index (χ2v) is 8.42. The van der Waals surface area contributed by atoms with E-state index in [-0.39, 0.29) is 18.3 Å². The molecule has 2 aliphatic carbocycles. The van der Waals surface area contributed by atoms with E-state index >= 15 is 8.78 Å². The summed E-state index contributed by atoms with van der Waals surface area (Å²) in [6, 6.07) is 7.78. The van der Waals surface area contributed by atoms with Crippen molar-refractivity contribution in [3.05, 3.63) is 29.8 Å². The van der Waals surface area contributed by atoms with Crippen LogP contribution >= 0.6 is 0 Å². The van der Waals surface area contributed by atoms with Gasteiger partial charge in [-0.2, -0.15) is 0 Å². The fourth-order valence-corrected chi connectivity index (χ4v) is 5.33. The van der Waals surface area contributed by atoms with Crippen molar-refractivity contribution < 1.29 is 13.5 Å². The lowest BCUT2D eigenvalue weighted by atomic mass is 9.66. The molecule has 0 bridgehead atoms. The Kier molecular flexibility index (Phi) is 6.58. The molecule has 0 amide bonds. The van der Waals surface area contributed by atoms with Gasteiger partial charge in [-0.15, -0.1) is 0 Å². The minimum atomic E-state index is -2.52. The average Bonchev–Trinajstić information content (AvgIpc) is 2.63. The molecular formula is C23H34F2O. The zero-order chi connectivity index (χ0) is 18.6. The molecule has 0 unspecified atom stereocenters. The predicted molar refractivity (Wildman–Crippen MR) is 103 cm³/mol. The van der Waals surface area contributed by atoms with Gasteiger partial charge < -0.3 is 4.74 Å². The largest absolute Gasteiger partial charge is 0.494 e. The lowest BCUT2D eigenvalue weighted by Gasteiger charge is -2.42. The predicted octanol–water partition coefficient (Wildman–Crippen LogP) is 7.21. The third kappa shape index (κ3) is 4.58. The molecule has 2 fully saturated rings. The summed E-state index contributed by atoms with van der Waals surface area (Å²) in [4.78, 5) is 0. The van der Waals surface area contributed by atoms with Crippen molar-refractivity contribution in [2.45, 2.75) is 83.5 Å². The highest BCUT2D eigenvalue weighted by Crippen LogP contribution is 2.51. The van der Waals surface area contributed by atoms with Crippen LogP contribution in [0.2, 0.25) is 0 Å². The second-order valence-electron chi connectivity index (χ2n) is 8.42. The Bertz CT molecular complexity index is 546. The van der Waals surface area contributed by atoms with Crippen LogP contribution in [0.5, 0.6) is 5.75 Å². The standard InChI is InChI=1S/C23H34F2O/c1-3-5-17-6-8-19(9-7-17)22-15-12-20(16-23(22,24)25)18-10-13-21(14-11-18)26-4-2/h10-11,13-14,17,19-20,22H,3-9,12,15-16H2,1-2H3/t17?,19?,20-,22+/m0/s1. The molecule has 0 saturated heterocycles. The van der Waals surface area contributed by atoms with Crippen molar-refractivity contribution in [3.63, 3.8) is 0 Å². The van der Waals surface area contributed by atoms with Crippen LogP contribution in [-0.2, 0) is 0 Å². The van der Waals surface area contributed by atoms with Crippen molar-refractivity contribution >= 4 is 0 Å². The third-order valence-corrected chi connectivity index (χ3v) is 6.71. The number of alkyl halides is 2. The van der Waals surface area contributed by atoms with Gasteiger partial charge in [0.25, 0.3) is 5.92 Å². The Morgan fingerprint density at radius 3 is 2.23 bits per heavy atom. The molecule has 3 rings (SSSR count). The van der Waals surface area contributed by atoms with Gasteiger partial charge in [0.05, 0.1) is 6.61 Å². The van der Waals surface area contributed by atoms with Crippen LogP contribution in [0.3, 0.4) is 0 Å². The molecule has 2 atom stereocenters. The Labute approximate surface area is 157 Å². The highest BCUT2D eigenvalue weighted by molar-refractivity contribution is 5.30. The van der Waals surface area contributed by atoms with Crippen molar-refractivity contribution in [2.75, 3.05) is 6.61 Å². The van der Waals surface area contributed by atoms with Crippen LogP contribution in [-0.4, -0.2) is 12.5 Å². The quantitative estimate of drug-likeness (QED) is 0.518. The smallest absolute Gasteiger partial charge is 0.251 e. The molecule has 1 aromatic carbocycles. The van der Waals surface area contributed by atoms with Gasteiger partial charge in [0.2, 0.25) is 0 Å². The zero-order valence-electron chi connectivity index (χ0n) is 16.4. The van der Waals surface area contributed by atoms with Gasteiger partial charge in [-0.1, -0.05) is 44.7 Å². The molecule has 2 aliphatic rings. The summed E-state index contributed by atoms with van der Waals surface area (Å²) in [5, 5.41) is 0. The molecule has 3 heteroatoms. The van der Waals surface area contributed by atoms with E-state index in [0.717, 1.165) is 49.3 Å². The highest BCUT2D eigenvalue weighted by atomic mass is 19.3. The van der Waals surface area contributed by atoms with Crippen molar-refractivity contribution in [1.29, 1.82) is 0 Å². The molecule has 0 aromatic heterocycles. The van der Waals surface area contributed by atoms with Crippen molar-refractivity contribution in [3.8, 4) is 5.75 Å². The van der Waals surface area contributed by atoms with Gasteiger partial charge in [0.1, 0.15) is 5.75 Å². The Morgan fingerprint density at radius 2 is 1.65 bits per heavy atom. The molecule has 2 saturated carbocycles. The van der Waals surface area contributed by atoms with Crippen LogP contribution in [0.1, 0.15) is 83.1 Å². The summed E-state index contributed by atoms with van der Waals surface area (Å²) >= 11 is 0. The van der Waals surface area contributed by atoms with Gasteiger partial charge in [-0.05, 0) is 68.1 Å².